The fourth-order valence-corrected chi connectivity index (χ4v) is 4.35. The molecule has 8 N–H and O–H groups in total. The molecule has 4 atom stereocenters. The molecule has 3 amide bonds. The highest BCUT2D eigenvalue weighted by atomic mass is 32.1. The second kappa shape index (κ2) is 13.9. The molecule has 11 nitrogen and oxygen atoms in total. The Labute approximate surface area is 237 Å². The van der Waals surface area contributed by atoms with E-state index in [4.69, 9.17) is 5.73 Å². The third-order valence-corrected chi connectivity index (χ3v) is 6.92. The summed E-state index contributed by atoms with van der Waals surface area (Å²) in [5.41, 5.74) is 8.22. The molecular weight excluding hydrogens is 534 g/mol. The fraction of sp³-hybridized carbons (Fsp3) is 0.357. The standard InChI is InChI=1S/C28H35N5O6S/c1-15(2)24(29)27(37)32-21(11-16-7-9-18(34)10-8-16)25(35)31-22(26(36)33-23(14-40)28(38)39)12-17-13-30-20-6-4-3-5-19(17)20/h3-10,13,15,21-24,30,34,40H,11-12,14,29H2,1-2H3,(H,31,35)(H,32,37)(H,33,36)(H,38,39). The molecule has 1 heterocycles. The zero-order valence-corrected chi connectivity index (χ0v) is 23.2. The smallest absolute Gasteiger partial charge is 0.327 e. The lowest BCUT2D eigenvalue weighted by molar-refractivity contribution is -0.141. The first-order chi connectivity index (χ1) is 19.0. The summed E-state index contributed by atoms with van der Waals surface area (Å²) in [5.74, 6) is -3.46. The van der Waals surface area contributed by atoms with Gasteiger partial charge in [0.15, 0.2) is 0 Å². The number of carbonyl (C=O) groups excluding carboxylic acids is 3. The van der Waals surface area contributed by atoms with E-state index in [0.29, 0.717) is 5.56 Å². The normalized spacial score (nSPS) is 14.2. The summed E-state index contributed by atoms with van der Waals surface area (Å²) in [5, 5.41) is 27.7. The molecule has 12 heteroatoms. The van der Waals surface area contributed by atoms with Crippen molar-refractivity contribution >= 4 is 47.2 Å². The van der Waals surface area contributed by atoms with Crippen molar-refractivity contribution in [1.82, 2.24) is 20.9 Å². The van der Waals surface area contributed by atoms with E-state index >= 15 is 0 Å². The Bertz CT molecular complexity index is 1340. The van der Waals surface area contributed by atoms with Gasteiger partial charge in [0.05, 0.1) is 6.04 Å². The molecule has 2 aromatic carbocycles. The number of para-hydroxylation sites is 1. The number of aromatic amines is 1. The number of aromatic hydroxyl groups is 1. The van der Waals surface area contributed by atoms with Crippen molar-refractivity contribution in [3.63, 3.8) is 0 Å². The van der Waals surface area contributed by atoms with Crippen LogP contribution in [0.25, 0.3) is 10.9 Å². The molecule has 0 bridgehead atoms. The maximum Gasteiger partial charge on any atom is 0.327 e. The van der Waals surface area contributed by atoms with Crippen molar-refractivity contribution < 1.29 is 29.4 Å². The number of aromatic nitrogens is 1. The molecule has 0 aliphatic rings. The number of fused-ring (bicyclic) bond motifs is 1. The van der Waals surface area contributed by atoms with E-state index < -0.39 is 47.9 Å². The summed E-state index contributed by atoms with van der Waals surface area (Å²) >= 11 is 4.01. The number of phenolic OH excluding ortho intramolecular Hbond substituents is 1. The number of carbonyl (C=O) groups is 4. The number of hydrogen-bond donors (Lipinski definition) is 8. The van der Waals surface area contributed by atoms with Crippen LogP contribution in [-0.2, 0) is 32.0 Å². The van der Waals surface area contributed by atoms with E-state index in [2.05, 4.69) is 33.6 Å². The number of hydrogen-bond acceptors (Lipinski definition) is 7. The van der Waals surface area contributed by atoms with E-state index in [-0.39, 0.29) is 30.3 Å². The van der Waals surface area contributed by atoms with Crippen LogP contribution in [0.2, 0.25) is 0 Å². The Kier molecular flexibility index (Phi) is 10.6. The summed E-state index contributed by atoms with van der Waals surface area (Å²) < 4.78 is 0. The minimum atomic E-state index is -1.27. The summed E-state index contributed by atoms with van der Waals surface area (Å²) in [6.45, 7) is 3.56. The van der Waals surface area contributed by atoms with Gasteiger partial charge in [0.2, 0.25) is 17.7 Å². The SMILES string of the molecule is CC(C)C(N)C(=O)NC(Cc1ccc(O)cc1)C(=O)NC(Cc1c[nH]c2ccccc12)C(=O)NC(CS)C(=O)O. The molecule has 0 fully saturated rings. The van der Waals surface area contributed by atoms with Crippen LogP contribution >= 0.6 is 12.6 Å². The summed E-state index contributed by atoms with van der Waals surface area (Å²) in [6.07, 6.45) is 1.83. The Morgan fingerprint density at radius 2 is 1.45 bits per heavy atom. The first-order valence-electron chi connectivity index (χ1n) is 12.8. The number of benzene rings is 2. The third kappa shape index (κ3) is 7.99. The van der Waals surface area contributed by atoms with Crippen LogP contribution in [0.3, 0.4) is 0 Å². The molecule has 40 heavy (non-hydrogen) atoms. The second-order valence-corrected chi connectivity index (χ2v) is 10.3. The van der Waals surface area contributed by atoms with Crippen LogP contribution in [0.1, 0.15) is 25.0 Å². The van der Waals surface area contributed by atoms with Gasteiger partial charge in [-0.3, -0.25) is 14.4 Å². The van der Waals surface area contributed by atoms with Gasteiger partial charge in [-0.25, -0.2) is 4.79 Å². The monoisotopic (exact) mass is 569 g/mol. The summed E-state index contributed by atoms with van der Waals surface area (Å²) in [7, 11) is 0. The number of rotatable bonds is 13. The molecule has 0 saturated carbocycles. The number of nitrogens with two attached hydrogens (primary N) is 1. The number of amides is 3. The Hall–Kier alpha value is -4.03. The van der Waals surface area contributed by atoms with Gasteiger partial charge in [0.1, 0.15) is 23.9 Å². The van der Waals surface area contributed by atoms with Gasteiger partial charge >= 0.3 is 5.97 Å². The predicted octanol–water partition coefficient (Wildman–Crippen LogP) is 1.11. The lowest BCUT2D eigenvalue weighted by Crippen LogP contribution is -2.58. The molecule has 0 spiro atoms. The first-order valence-corrected chi connectivity index (χ1v) is 13.5. The largest absolute Gasteiger partial charge is 0.508 e. The first kappa shape index (κ1) is 30.5. The van der Waals surface area contributed by atoms with Crippen molar-refractivity contribution in [2.75, 3.05) is 5.75 Å². The lowest BCUT2D eigenvalue weighted by Gasteiger charge is -2.26. The van der Waals surface area contributed by atoms with Crippen LogP contribution in [0.15, 0.2) is 54.7 Å². The molecule has 0 saturated heterocycles. The maximum absolute atomic E-state index is 13.6. The van der Waals surface area contributed by atoms with Gasteiger partial charge in [-0.15, -0.1) is 0 Å². The molecule has 4 unspecified atom stereocenters. The highest BCUT2D eigenvalue weighted by molar-refractivity contribution is 7.80. The van der Waals surface area contributed by atoms with Crippen LogP contribution in [-0.4, -0.2) is 68.8 Å². The Morgan fingerprint density at radius 1 is 0.875 bits per heavy atom. The highest BCUT2D eigenvalue weighted by Gasteiger charge is 2.31. The average Bonchev–Trinajstić information content (AvgIpc) is 3.33. The molecule has 0 aliphatic carbocycles. The Morgan fingerprint density at radius 3 is 2.05 bits per heavy atom. The van der Waals surface area contributed by atoms with Crippen LogP contribution < -0.4 is 21.7 Å². The van der Waals surface area contributed by atoms with Gasteiger partial charge < -0.3 is 36.9 Å². The quantitative estimate of drug-likeness (QED) is 0.142. The molecular formula is C28H35N5O6S. The number of thiol groups is 1. The number of nitrogens with one attached hydrogen (secondary N) is 4. The molecule has 214 valence electrons. The van der Waals surface area contributed by atoms with Gasteiger partial charge in [0, 0.05) is 35.7 Å². The summed E-state index contributed by atoms with van der Waals surface area (Å²) in [6, 6.07) is 9.17. The van der Waals surface area contributed by atoms with E-state index in [1.54, 1.807) is 32.2 Å². The maximum atomic E-state index is 13.6. The predicted molar refractivity (Wildman–Crippen MR) is 154 cm³/mol. The average molecular weight is 570 g/mol. The number of aliphatic carboxylic acids is 1. The van der Waals surface area contributed by atoms with Crippen LogP contribution in [0.5, 0.6) is 5.75 Å². The van der Waals surface area contributed by atoms with Crippen LogP contribution in [0, 0.1) is 5.92 Å². The van der Waals surface area contributed by atoms with Crippen molar-refractivity contribution in [2.24, 2.45) is 11.7 Å². The summed E-state index contributed by atoms with van der Waals surface area (Å²) in [4.78, 5) is 54.4. The highest BCUT2D eigenvalue weighted by Crippen LogP contribution is 2.20. The molecule has 3 rings (SSSR count). The molecule has 0 radical (unpaired) electrons. The van der Waals surface area contributed by atoms with E-state index in [1.165, 1.54) is 12.1 Å². The number of carboxylic acid groups (broad SMARTS) is 1. The third-order valence-electron chi connectivity index (χ3n) is 6.56. The lowest BCUT2D eigenvalue weighted by atomic mass is 10.00. The number of H-pyrrole nitrogens is 1. The van der Waals surface area contributed by atoms with Crippen LogP contribution in [0.4, 0.5) is 0 Å². The topological polar surface area (TPSA) is 187 Å². The second-order valence-electron chi connectivity index (χ2n) is 9.91. The molecule has 3 aromatic rings. The number of carboxylic acids is 1. The molecule has 0 aliphatic heterocycles. The number of phenols is 1. The van der Waals surface area contributed by atoms with Gasteiger partial charge in [-0.2, -0.15) is 12.6 Å². The Balaban J connectivity index is 1.90. The minimum absolute atomic E-state index is 0.0447. The minimum Gasteiger partial charge on any atom is -0.508 e. The van der Waals surface area contributed by atoms with Crippen molar-refractivity contribution in [2.45, 2.75) is 50.9 Å². The van der Waals surface area contributed by atoms with Gasteiger partial charge in [-0.1, -0.05) is 44.2 Å². The van der Waals surface area contributed by atoms with Gasteiger partial charge in [-0.05, 0) is 35.2 Å². The van der Waals surface area contributed by atoms with E-state index in [9.17, 15) is 29.4 Å². The molecule has 1 aromatic heterocycles. The van der Waals surface area contributed by atoms with E-state index in [1.807, 2.05) is 24.3 Å². The zero-order chi connectivity index (χ0) is 29.4. The van der Waals surface area contributed by atoms with E-state index in [0.717, 1.165) is 16.5 Å². The zero-order valence-electron chi connectivity index (χ0n) is 22.3. The van der Waals surface area contributed by atoms with Crippen molar-refractivity contribution in [3.05, 3.63) is 65.9 Å². The fourth-order valence-electron chi connectivity index (χ4n) is 4.11. The van der Waals surface area contributed by atoms with Gasteiger partial charge in [0.25, 0.3) is 0 Å². The van der Waals surface area contributed by atoms with Crippen molar-refractivity contribution in [1.29, 1.82) is 0 Å². The van der Waals surface area contributed by atoms with Crippen molar-refractivity contribution in [3.8, 4) is 5.75 Å².